The average Bonchev–Trinajstić information content (AvgIpc) is 2.89. The maximum Gasteiger partial charge on any atom is 0.223 e. The highest BCUT2D eigenvalue weighted by atomic mass is 16.2. The molecule has 1 amide bonds. The molecule has 2 N–H and O–H groups in total. The van der Waals surface area contributed by atoms with Crippen molar-refractivity contribution in [3.63, 3.8) is 0 Å². The van der Waals surface area contributed by atoms with E-state index in [9.17, 15) is 4.79 Å². The van der Waals surface area contributed by atoms with Crippen molar-refractivity contribution in [3.05, 3.63) is 29.8 Å². The number of anilines is 1. The first-order chi connectivity index (χ1) is 10.3. The fraction of sp³-hybridized carbons (Fsp3) is 0.588. The first kappa shape index (κ1) is 14.4. The fourth-order valence-corrected chi connectivity index (χ4v) is 3.35. The lowest BCUT2D eigenvalue weighted by molar-refractivity contribution is -0.128. The molecule has 2 aliphatic rings. The van der Waals surface area contributed by atoms with Crippen LogP contribution in [-0.2, 0) is 11.3 Å². The van der Waals surface area contributed by atoms with E-state index in [1.165, 1.54) is 43.6 Å². The number of carbonyl (C=O) groups is 1. The van der Waals surface area contributed by atoms with Crippen molar-refractivity contribution in [1.82, 2.24) is 4.90 Å². The van der Waals surface area contributed by atoms with Gasteiger partial charge in [0.25, 0.3) is 0 Å². The second kappa shape index (κ2) is 6.48. The Morgan fingerprint density at radius 1 is 1.10 bits per heavy atom. The molecular weight excluding hydrogens is 262 g/mol. The molecule has 4 nitrogen and oxygen atoms in total. The number of rotatable bonds is 4. The lowest BCUT2D eigenvalue weighted by atomic mass is 10.1. The molecular formula is C17H25N3O. The quantitative estimate of drug-likeness (QED) is 0.921. The maximum absolute atomic E-state index is 11.9. The number of hydrogen-bond donors (Lipinski definition) is 1. The van der Waals surface area contributed by atoms with Crippen molar-refractivity contribution >= 4 is 11.6 Å². The molecule has 1 unspecified atom stereocenters. The normalized spacial score (nSPS) is 22.9. The lowest BCUT2D eigenvalue weighted by Gasteiger charge is -2.29. The minimum absolute atomic E-state index is 0.241. The Bertz CT molecular complexity index is 479. The molecule has 0 aromatic heterocycles. The van der Waals surface area contributed by atoms with Gasteiger partial charge >= 0.3 is 0 Å². The van der Waals surface area contributed by atoms with Crippen molar-refractivity contribution in [2.75, 3.05) is 31.1 Å². The molecule has 0 aliphatic carbocycles. The zero-order chi connectivity index (χ0) is 14.7. The Morgan fingerprint density at radius 2 is 1.81 bits per heavy atom. The van der Waals surface area contributed by atoms with E-state index in [1.54, 1.807) is 0 Å². The number of likely N-dealkylation sites (tertiary alicyclic amines) is 1. The van der Waals surface area contributed by atoms with Gasteiger partial charge in [-0.15, -0.1) is 0 Å². The van der Waals surface area contributed by atoms with E-state index in [-0.39, 0.29) is 5.91 Å². The minimum atomic E-state index is 0.241. The zero-order valence-corrected chi connectivity index (χ0v) is 12.6. The van der Waals surface area contributed by atoms with Crippen LogP contribution in [0.3, 0.4) is 0 Å². The highest BCUT2D eigenvalue weighted by Gasteiger charge is 2.28. The number of benzene rings is 1. The SMILES string of the molecule is NCC1CC(=O)N(Cc2ccc(N3CCCCC3)cc2)C1. The van der Waals surface area contributed by atoms with Crippen molar-refractivity contribution < 1.29 is 4.79 Å². The summed E-state index contributed by atoms with van der Waals surface area (Å²) < 4.78 is 0. The highest BCUT2D eigenvalue weighted by Crippen LogP contribution is 2.23. The summed E-state index contributed by atoms with van der Waals surface area (Å²) >= 11 is 0. The summed E-state index contributed by atoms with van der Waals surface area (Å²) in [5.74, 6) is 0.579. The Labute approximate surface area is 126 Å². The molecule has 3 rings (SSSR count). The molecule has 114 valence electrons. The van der Waals surface area contributed by atoms with Gasteiger partial charge in [-0.05, 0) is 49.4 Å². The number of piperidine rings is 1. The summed E-state index contributed by atoms with van der Waals surface area (Å²) in [6.45, 7) is 4.47. The predicted octanol–water partition coefficient (Wildman–Crippen LogP) is 1.98. The van der Waals surface area contributed by atoms with E-state index in [4.69, 9.17) is 5.73 Å². The van der Waals surface area contributed by atoms with Gasteiger partial charge < -0.3 is 15.5 Å². The molecule has 4 heteroatoms. The van der Waals surface area contributed by atoms with E-state index in [2.05, 4.69) is 29.2 Å². The van der Waals surface area contributed by atoms with E-state index >= 15 is 0 Å². The van der Waals surface area contributed by atoms with Crippen molar-refractivity contribution in [1.29, 1.82) is 0 Å². The molecule has 2 heterocycles. The first-order valence-corrected chi connectivity index (χ1v) is 8.08. The number of carbonyl (C=O) groups excluding carboxylic acids is 1. The fourth-order valence-electron chi connectivity index (χ4n) is 3.35. The van der Waals surface area contributed by atoms with Gasteiger partial charge in [0, 0.05) is 38.3 Å². The van der Waals surface area contributed by atoms with Gasteiger partial charge in [-0.25, -0.2) is 0 Å². The number of nitrogens with zero attached hydrogens (tertiary/aromatic N) is 2. The van der Waals surface area contributed by atoms with Crippen LogP contribution in [-0.4, -0.2) is 37.0 Å². The average molecular weight is 287 g/mol. The third-order valence-corrected chi connectivity index (χ3v) is 4.66. The van der Waals surface area contributed by atoms with Gasteiger partial charge in [0.15, 0.2) is 0 Å². The van der Waals surface area contributed by atoms with Crippen LogP contribution in [0.2, 0.25) is 0 Å². The van der Waals surface area contributed by atoms with Crippen LogP contribution in [0.5, 0.6) is 0 Å². The van der Waals surface area contributed by atoms with Crippen molar-refractivity contribution in [2.45, 2.75) is 32.2 Å². The van der Waals surface area contributed by atoms with Gasteiger partial charge in [0.05, 0.1) is 0 Å². The molecule has 0 radical (unpaired) electrons. The summed E-state index contributed by atoms with van der Waals surface area (Å²) in [5.41, 5.74) is 8.19. The topological polar surface area (TPSA) is 49.6 Å². The summed E-state index contributed by atoms with van der Waals surface area (Å²) in [5, 5.41) is 0. The number of nitrogens with two attached hydrogens (primary N) is 1. The van der Waals surface area contributed by atoms with Crippen LogP contribution in [0, 0.1) is 5.92 Å². The van der Waals surface area contributed by atoms with E-state index in [0.29, 0.717) is 18.9 Å². The second-order valence-corrected chi connectivity index (χ2v) is 6.29. The molecule has 0 spiro atoms. The van der Waals surface area contributed by atoms with Crippen molar-refractivity contribution in [3.8, 4) is 0 Å². The number of amides is 1. The van der Waals surface area contributed by atoms with Crippen LogP contribution >= 0.6 is 0 Å². The Hall–Kier alpha value is -1.55. The van der Waals surface area contributed by atoms with Gasteiger partial charge in [0.2, 0.25) is 5.91 Å². The Morgan fingerprint density at radius 3 is 2.43 bits per heavy atom. The molecule has 1 aromatic rings. The van der Waals surface area contributed by atoms with Gasteiger partial charge in [0.1, 0.15) is 0 Å². The van der Waals surface area contributed by atoms with E-state index in [0.717, 1.165) is 13.1 Å². The van der Waals surface area contributed by atoms with Gasteiger partial charge in [-0.2, -0.15) is 0 Å². The molecule has 1 aromatic carbocycles. The molecule has 0 bridgehead atoms. The summed E-state index contributed by atoms with van der Waals surface area (Å²) in [6.07, 6.45) is 4.56. The van der Waals surface area contributed by atoms with Crippen LogP contribution < -0.4 is 10.6 Å². The van der Waals surface area contributed by atoms with Crippen molar-refractivity contribution in [2.24, 2.45) is 11.7 Å². The molecule has 2 fully saturated rings. The third-order valence-electron chi connectivity index (χ3n) is 4.66. The highest BCUT2D eigenvalue weighted by molar-refractivity contribution is 5.78. The minimum Gasteiger partial charge on any atom is -0.372 e. The van der Waals surface area contributed by atoms with E-state index < -0.39 is 0 Å². The first-order valence-electron chi connectivity index (χ1n) is 8.08. The lowest BCUT2D eigenvalue weighted by Crippen LogP contribution is -2.29. The standard InChI is InChI=1S/C17H25N3O/c18-11-15-10-17(21)20(13-15)12-14-4-6-16(7-5-14)19-8-2-1-3-9-19/h4-7,15H,1-3,8-13,18H2. The summed E-state index contributed by atoms with van der Waals surface area (Å²) in [4.78, 5) is 16.3. The van der Waals surface area contributed by atoms with Crippen LogP contribution in [0.15, 0.2) is 24.3 Å². The summed E-state index contributed by atoms with van der Waals surface area (Å²) in [7, 11) is 0. The monoisotopic (exact) mass is 287 g/mol. The molecule has 0 saturated carbocycles. The van der Waals surface area contributed by atoms with Crippen LogP contribution in [0.4, 0.5) is 5.69 Å². The smallest absolute Gasteiger partial charge is 0.223 e. The van der Waals surface area contributed by atoms with Crippen LogP contribution in [0.1, 0.15) is 31.2 Å². The molecule has 2 aliphatic heterocycles. The summed E-state index contributed by atoms with van der Waals surface area (Å²) in [6, 6.07) is 8.71. The third kappa shape index (κ3) is 3.38. The largest absolute Gasteiger partial charge is 0.372 e. The zero-order valence-electron chi connectivity index (χ0n) is 12.6. The Kier molecular flexibility index (Phi) is 4.44. The molecule has 21 heavy (non-hydrogen) atoms. The molecule has 2 saturated heterocycles. The Balaban J connectivity index is 1.60. The maximum atomic E-state index is 11.9. The van der Waals surface area contributed by atoms with Gasteiger partial charge in [-0.1, -0.05) is 12.1 Å². The number of hydrogen-bond acceptors (Lipinski definition) is 3. The molecule has 1 atom stereocenters. The second-order valence-electron chi connectivity index (χ2n) is 6.29. The van der Waals surface area contributed by atoms with E-state index in [1.807, 2.05) is 4.90 Å². The van der Waals surface area contributed by atoms with Crippen LogP contribution in [0.25, 0.3) is 0 Å². The van der Waals surface area contributed by atoms with Gasteiger partial charge in [-0.3, -0.25) is 4.79 Å². The predicted molar refractivity (Wildman–Crippen MR) is 85.1 cm³/mol.